The molecule has 22 heteroatoms. The fourth-order valence-electron chi connectivity index (χ4n) is 16.7. The van der Waals surface area contributed by atoms with E-state index in [-0.39, 0.29) is 0 Å². The number of nitrogens with zero attached hydrogens (tertiary/aromatic N) is 16. The van der Waals surface area contributed by atoms with E-state index in [0.29, 0.717) is 91.9 Å². The topological polar surface area (TPSA) is 187 Å². The lowest BCUT2D eigenvalue weighted by atomic mass is 10.0. The number of fused-ring (bicyclic) bond motifs is 28. The fraction of sp³-hybridized carbons (Fsp3) is 0.103. The summed E-state index contributed by atoms with van der Waals surface area (Å²) in [5.41, 5.74) is 14.7. The van der Waals surface area contributed by atoms with Gasteiger partial charge in [0, 0.05) is 87.6 Å². The Balaban J connectivity index is 0.793. The lowest BCUT2D eigenvalue weighted by Gasteiger charge is -2.37. The van der Waals surface area contributed by atoms with Crippen molar-refractivity contribution in [3.63, 3.8) is 0 Å². The maximum Gasteiger partial charge on any atom is 0.798 e. The predicted molar refractivity (Wildman–Crippen MR) is 404 cm³/mol. The molecule has 4 aromatic heterocycles. The lowest BCUT2D eigenvalue weighted by molar-refractivity contribution is 0.537. The number of aromatic nitrogens is 4. The van der Waals surface area contributed by atoms with Gasteiger partial charge in [0.15, 0.2) is 63.3 Å². The minimum absolute atomic E-state index is 0.578. The van der Waals surface area contributed by atoms with E-state index in [0.717, 1.165) is 110 Å². The normalized spacial score (nSPS) is 15.6. The molecule has 9 aromatic carbocycles. The van der Waals surface area contributed by atoms with Crippen LogP contribution < -0.4 is 32.3 Å². The Labute approximate surface area is 583 Å². The van der Waals surface area contributed by atoms with Crippen LogP contribution in [0.3, 0.4) is 0 Å². The first-order valence-electron chi connectivity index (χ1n) is 33.7. The number of aliphatic imine (C=N–C) groups is 8. The number of amidine groups is 8. The highest BCUT2D eigenvalue weighted by Crippen LogP contribution is 2.44. The van der Waals surface area contributed by atoms with Gasteiger partial charge in [0.1, 0.15) is 45.2 Å². The largest absolute Gasteiger partial charge is 0.798 e. The second-order valence-electron chi connectivity index (χ2n) is 27.5. The van der Waals surface area contributed by atoms with Gasteiger partial charge in [-0.15, -0.1) is 0 Å². The summed E-state index contributed by atoms with van der Waals surface area (Å²) in [7, 11) is -6.48. The van der Waals surface area contributed by atoms with Crippen LogP contribution in [0.4, 0.5) is 23.3 Å². The third-order valence-corrected chi connectivity index (χ3v) is 35.2. The quantitative estimate of drug-likeness (QED) is 0.150. The van der Waals surface area contributed by atoms with Gasteiger partial charge in [0.05, 0.1) is 0 Å². The molecule has 8 aliphatic rings. The third kappa shape index (κ3) is 8.06. The van der Waals surface area contributed by atoms with E-state index >= 15 is 0 Å². The first kappa shape index (κ1) is 58.1. The number of benzene rings is 9. The summed E-state index contributed by atoms with van der Waals surface area (Å²) in [6.07, 6.45) is 0. The highest BCUT2D eigenvalue weighted by atomic mass is 28.4. The van der Waals surface area contributed by atoms with Gasteiger partial charge in [-0.2, -0.15) is 0 Å². The van der Waals surface area contributed by atoms with Gasteiger partial charge in [0.25, 0.3) is 0 Å². The molecule has 12 bridgehead atoms. The molecule has 0 aliphatic carbocycles. The van der Waals surface area contributed by atoms with Crippen LogP contribution in [0.1, 0.15) is 66.8 Å². The van der Waals surface area contributed by atoms with Crippen LogP contribution in [0, 0.1) is 27.7 Å². The van der Waals surface area contributed by atoms with E-state index in [1.54, 1.807) is 0 Å². The van der Waals surface area contributed by atoms with E-state index in [1.807, 2.05) is 48.5 Å². The molecule has 0 unspecified atom stereocenters. The smallest absolute Gasteiger partial charge is 0.506 e. The fourth-order valence-corrected chi connectivity index (χ4v) is 31.7. The Morgan fingerprint density at radius 1 is 0.240 bits per heavy atom. The molecule has 18 nitrogen and oxygen atoms in total. The molecular formula is C78H56Al2N16O2Si2. The molecule has 8 aliphatic heterocycles. The van der Waals surface area contributed by atoms with E-state index in [9.17, 15) is 0 Å². The van der Waals surface area contributed by atoms with E-state index in [2.05, 4.69) is 214 Å². The standard InChI is InChI=1S/2C32H16N8.C14H24O2Si2.2Al/c2*1-2-10-18-17(9-1)25-33-26(18)38-28-21-13-5-6-14-22(21)30(35-28)40-32-24-16-8-7-15-23(24)31(36-32)39-29-20-12-4-3-11-19(20)27(34-29)37-25;1-9-10(2)14(18(7,8)16)12(4)11(3)13(9)17(5,6)15;;/h2*1-16H;1-8H3;;/q3*-2;2*+3. The molecule has 0 saturated carbocycles. The summed E-state index contributed by atoms with van der Waals surface area (Å²) in [6.45, 7) is 18.6. The molecule has 474 valence electrons. The molecular weight excluding hydrogens is 1300 g/mol. The second-order valence-corrected chi connectivity index (χ2v) is 39.8. The SMILES string of the molecule is Cc1c(C)c([Si](C)(C)[O][Al]2[n]3c4c5ccccc5c3N=C3N=C(N=c5c6ccccc6c([n]52)=NC2=NC(=N4)c4ccccc42)c2ccccc23)c(C)c(C)c1[Si](C)(C)[O][Al]1[n]2c3c4ccccc4c2N=C2N=C(N=c4c5ccccc5c([n]41)=NC1=NC(=N3)c3ccccc31)c1ccccc12. The van der Waals surface area contributed by atoms with Crippen LogP contribution in [0.15, 0.2) is 254 Å². The summed E-state index contributed by atoms with van der Waals surface area (Å²) in [5.74, 6) is 7.43. The molecule has 13 aromatic rings. The highest BCUT2D eigenvalue weighted by molar-refractivity contribution is 6.91. The average Bonchev–Trinajstić information content (AvgIpc) is 1.52. The molecule has 100 heavy (non-hydrogen) atoms. The zero-order valence-corrected chi connectivity index (χ0v) is 59.9. The van der Waals surface area contributed by atoms with Gasteiger partial charge < -0.3 is 21.2 Å². The van der Waals surface area contributed by atoms with E-state index < -0.39 is 46.5 Å². The van der Waals surface area contributed by atoms with Gasteiger partial charge in [0.2, 0.25) is 0 Å². The molecule has 0 amide bonds. The number of hydrogen-bond acceptors (Lipinski definition) is 14. The van der Waals surface area contributed by atoms with Crippen LogP contribution in [-0.2, 0) is 6.96 Å². The predicted octanol–water partition coefficient (Wildman–Crippen LogP) is 11.6. The first-order valence-corrected chi connectivity index (χ1v) is 42.5. The van der Waals surface area contributed by atoms with Crippen molar-refractivity contribution < 1.29 is 6.96 Å². The Morgan fingerprint density at radius 2 is 0.430 bits per heavy atom. The Morgan fingerprint density at radius 3 is 0.650 bits per heavy atom. The molecule has 0 N–H and O–H groups in total. The summed E-state index contributed by atoms with van der Waals surface area (Å²) in [6, 6.07) is 66.8. The van der Waals surface area contributed by atoms with Gasteiger partial charge in [-0.1, -0.05) is 194 Å². The highest BCUT2D eigenvalue weighted by Gasteiger charge is 2.51. The van der Waals surface area contributed by atoms with Crippen molar-refractivity contribution in [2.45, 2.75) is 53.9 Å². The zero-order chi connectivity index (χ0) is 66.9. The molecule has 12 heterocycles. The molecule has 0 atom stereocenters. The molecule has 0 radical (unpaired) electrons. The molecule has 0 saturated heterocycles. The van der Waals surface area contributed by atoms with Crippen molar-refractivity contribution in [2.75, 3.05) is 0 Å². The average molecular weight is 1360 g/mol. The third-order valence-electron chi connectivity index (χ3n) is 21.2. The van der Waals surface area contributed by atoms with Crippen LogP contribution in [0.25, 0.3) is 43.1 Å². The van der Waals surface area contributed by atoms with E-state index in [1.165, 1.54) is 10.4 Å². The Hall–Kier alpha value is -10.9. The van der Waals surface area contributed by atoms with Gasteiger partial charge in [-0.3, -0.25) is 0 Å². The van der Waals surface area contributed by atoms with Crippen molar-refractivity contribution in [3.8, 4) is 0 Å². The number of hydrogen-bond donors (Lipinski definition) is 0. The summed E-state index contributed by atoms with van der Waals surface area (Å²) >= 11 is -6.66. The van der Waals surface area contributed by atoms with Crippen LogP contribution >= 0.6 is 0 Å². The molecule has 0 spiro atoms. The Bertz CT molecular complexity index is 5880. The minimum atomic E-state index is -3.33. The van der Waals surface area contributed by atoms with Crippen LogP contribution in [0.2, 0.25) is 26.2 Å². The van der Waals surface area contributed by atoms with Crippen molar-refractivity contribution >= 4 is 170 Å². The Kier molecular flexibility index (Phi) is 12.1. The maximum absolute atomic E-state index is 8.54. The van der Waals surface area contributed by atoms with Crippen molar-refractivity contribution in [3.05, 3.63) is 283 Å². The van der Waals surface area contributed by atoms with Crippen molar-refractivity contribution in [1.29, 1.82) is 0 Å². The van der Waals surface area contributed by atoms with Crippen LogP contribution in [0.5, 0.6) is 0 Å². The van der Waals surface area contributed by atoms with Crippen molar-refractivity contribution in [1.82, 2.24) is 14.2 Å². The summed E-state index contributed by atoms with van der Waals surface area (Å²) < 4.78 is 26.3. The second kappa shape index (κ2) is 20.8. The number of rotatable bonds is 6. The first-order chi connectivity index (χ1) is 48.7. The molecule has 0 fully saturated rings. The van der Waals surface area contributed by atoms with Gasteiger partial charge >= 0.3 is 29.8 Å². The lowest BCUT2D eigenvalue weighted by Crippen LogP contribution is -2.61. The van der Waals surface area contributed by atoms with Gasteiger partial charge in [-0.25, -0.2) is 59.9 Å². The minimum Gasteiger partial charge on any atom is -0.506 e. The van der Waals surface area contributed by atoms with Gasteiger partial charge in [-0.05, 0) is 86.5 Å². The summed E-state index contributed by atoms with van der Waals surface area (Å²) in [4.78, 5) is 66.8. The molecule has 21 rings (SSSR count). The van der Waals surface area contributed by atoms with E-state index in [4.69, 9.17) is 66.9 Å². The summed E-state index contributed by atoms with van der Waals surface area (Å²) in [5, 5.41) is 9.80. The monoisotopic (exact) mass is 1360 g/mol. The van der Waals surface area contributed by atoms with Crippen molar-refractivity contribution in [2.24, 2.45) is 59.9 Å². The van der Waals surface area contributed by atoms with Crippen LogP contribution in [-0.4, -0.2) is 107 Å². The zero-order valence-electron chi connectivity index (χ0n) is 55.6. The maximum atomic E-state index is 8.54.